The molecule has 2 aromatic heterocycles. The highest BCUT2D eigenvalue weighted by Gasteiger charge is 2.26. The normalized spacial score (nSPS) is 17.0. The summed E-state index contributed by atoms with van der Waals surface area (Å²) in [6, 6.07) is 12.5. The Morgan fingerprint density at radius 3 is 2.47 bits per heavy atom. The molecule has 0 spiro atoms. The lowest BCUT2D eigenvalue weighted by Gasteiger charge is -2.34. The van der Waals surface area contributed by atoms with Crippen molar-refractivity contribution in [2.45, 2.75) is 65.0 Å². The van der Waals surface area contributed by atoms with E-state index in [2.05, 4.69) is 44.4 Å². The summed E-state index contributed by atoms with van der Waals surface area (Å²) in [5.74, 6) is 2.98. The van der Waals surface area contributed by atoms with Gasteiger partial charge in [-0.3, -0.25) is 14.6 Å². The van der Waals surface area contributed by atoms with Gasteiger partial charge in [0.2, 0.25) is 0 Å². The van der Waals surface area contributed by atoms with Gasteiger partial charge in [-0.05, 0) is 87.4 Å². The molecule has 3 aromatic rings. The number of nitrogens with zero attached hydrogens (tertiary/aromatic N) is 5. The van der Waals surface area contributed by atoms with Crippen molar-refractivity contribution in [3.8, 4) is 11.1 Å². The van der Waals surface area contributed by atoms with Crippen molar-refractivity contribution in [1.82, 2.24) is 24.8 Å². The predicted octanol–water partition coefficient (Wildman–Crippen LogP) is 5.05. The summed E-state index contributed by atoms with van der Waals surface area (Å²) in [7, 11) is 0. The summed E-state index contributed by atoms with van der Waals surface area (Å²) in [5, 5.41) is 3.47. The molecule has 2 aliphatic rings. The SMILES string of the molecule is CC(C)(C)OC(=O)CN1CCN(Cc2cccc(Nc3cc(-c4cnc(CC(CCN)CC5CC5)nc4)ccn3)c2)CC1. The number of hydrogen-bond acceptors (Lipinski definition) is 9. The summed E-state index contributed by atoms with van der Waals surface area (Å²) in [6.07, 6.45) is 11.6. The molecule has 3 N–H and O–H groups in total. The van der Waals surface area contributed by atoms with Gasteiger partial charge in [0.25, 0.3) is 0 Å². The zero-order valence-electron chi connectivity index (χ0n) is 26.0. The third-order valence-electron chi connectivity index (χ3n) is 8.05. The van der Waals surface area contributed by atoms with Crippen LogP contribution >= 0.6 is 0 Å². The number of nitrogens with two attached hydrogens (primary N) is 1. The van der Waals surface area contributed by atoms with Crippen LogP contribution in [0.15, 0.2) is 55.0 Å². The minimum absolute atomic E-state index is 0.155. The number of benzene rings is 1. The number of rotatable bonds is 13. The Morgan fingerprint density at radius 1 is 1.02 bits per heavy atom. The van der Waals surface area contributed by atoms with Crippen molar-refractivity contribution in [1.29, 1.82) is 0 Å². The molecule has 0 amide bonds. The first-order valence-electron chi connectivity index (χ1n) is 15.7. The zero-order valence-corrected chi connectivity index (χ0v) is 26.0. The lowest BCUT2D eigenvalue weighted by molar-refractivity contribution is -0.156. The zero-order chi connectivity index (χ0) is 30.2. The summed E-state index contributed by atoms with van der Waals surface area (Å²) in [6.45, 7) is 11.2. The van der Waals surface area contributed by atoms with Crippen molar-refractivity contribution < 1.29 is 9.53 Å². The molecule has 9 heteroatoms. The van der Waals surface area contributed by atoms with Crippen LogP contribution < -0.4 is 11.1 Å². The van der Waals surface area contributed by atoms with Crippen LogP contribution in [0.1, 0.15) is 57.8 Å². The first-order chi connectivity index (χ1) is 20.7. The van der Waals surface area contributed by atoms with Gasteiger partial charge in [-0.15, -0.1) is 0 Å². The van der Waals surface area contributed by atoms with Gasteiger partial charge in [-0.25, -0.2) is 15.0 Å². The van der Waals surface area contributed by atoms with Gasteiger partial charge < -0.3 is 15.8 Å². The average Bonchev–Trinajstić information content (AvgIpc) is 3.78. The van der Waals surface area contributed by atoms with Crippen LogP contribution in [0.4, 0.5) is 11.5 Å². The lowest BCUT2D eigenvalue weighted by atomic mass is 9.94. The minimum atomic E-state index is -0.446. The van der Waals surface area contributed by atoms with E-state index in [1.165, 1.54) is 24.8 Å². The molecule has 0 radical (unpaired) electrons. The Balaban J connectivity index is 1.13. The second-order valence-corrected chi connectivity index (χ2v) is 13.1. The van der Waals surface area contributed by atoms with E-state index in [-0.39, 0.29) is 5.97 Å². The Morgan fingerprint density at radius 2 is 1.77 bits per heavy atom. The van der Waals surface area contributed by atoms with E-state index >= 15 is 0 Å². The third-order valence-corrected chi connectivity index (χ3v) is 8.05. The number of ether oxygens (including phenoxy) is 1. The third kappa shape index (κ3) is 10.1. The van der Waals surface area contributed by atoms with Gasteiger partial charge in [0, 0.05) is 69.0 Å². The lowest BCUT2D eigenvalue weighted by Crippen LogP contribution is -2.48. The van der Waals surface area contributed by atoms with Crippen LogP contribution in [0.5, 0.6) is 0 Å². The fourth-order valence-electron chi connectivity index (χ4n) is 5.73. The standard InChI is InChI=1S/C34H47N7O2/c1-34(2,3)43-33(42)24-41-15-13-40(14-16-41)23-27-5-4-6-30(18-27)39-32-20-28(10-12-36-32)29-21-37-31(38-22-29)19-26(9-11-35)17-25-7-8-25/h4-6,10,12,18,20-22,25-26H,7-9,11,13-17,19,23-24,35H2,1-3H3,(H,36,39). The van der Waals surface area contributed by atoms with Crippen LogP contribution in [0.2, 0.25) is 0 Å². The van der Waals surface area contributed by atoms with Gasteiger partial charge in [0.05, 0.1) is 6.54 Å². The molecule has 9 nitrogen and oxygen atoms in total. The van der Waals surface area contributed by atoms with Gasteiger partial charge in [0.15, 0.2) is 0 Å². The van der Waals surface area contributed by atoms with Crippen molar-refractivity contribution >= 4 is 17.5 Å². The van der Waals surface area contributed by atoms with Gasteiger partial charge in [-0.1, -0.05) is 25.0 Å². The molecule has 0 bridgehead atoms. The van der Waals surface area contributed by atoms with E-state index in [1.807, 2.05) is 51.5 Å². The van der Waals surface area contributed by atoms with E-state index in [0.717, 1.165) is 86.5 Å². The first kappa shape index (κ1) is 31.0. The van der Waals surface area contributed by atoms with E-state index in [1.54, 1.807) is 0 Å². The van der Waals surface area contributed by atoms with E-state index in [0.29, 0.717) is 12.5 Å². The van der Waals surface area contributed by atoms with Crippen LogP contribution in [0.3, 0.4) is 0 Å². The molecule has 1 atom stereocenters. The summed E-state index contributed by atoms with van der Waals surface area (Å²) in [4.78, 5) is 30.7. The van der Waals surface area contributed by atoms with Crippen LogP contribution in [-0.4, -0.2) is 75.6 Å². The molecular weight excluding hydrogens is 538 g/mol. The largest absolute Gasteiger partial charge is 0.459 e. The van der Waals surface area contributed by atoms with Crippen molar-refractivity contribution in [3.63, 3.8) is 0 Å². The molecule has 3 heterocycles. The van der Waals surface area contributed by atoms with E-state index < -0.39 is 5.60 Å². The first-order valence-corrected chi connectivity index (χ1v) is 15.7. The van der Waals surface area contributed by atoms with Crippen LogP contribution in [-0.2, 0) is 22.5 Å². The fourth-order valence-corrected chi connectivity index (χ4v) is 5.73. The van der Waals surface area contributed by atoms with Crippen molar-refractivity contribution in [2.75, 3.05) is 44.6 Å². The topological polar surface area (TPSA) is 110 Å². The smallest absolute Gasteiger partial charge is 0.320 e. The quantitative estimate of drug-likeness (QED) is 0.266. The number of carbonyl (C=O) groups excluding carboxylic acids is 1. The Labute approximate surface area is 256 Å². The Hall–Kier alpha value is -3.40. The predicted molar refractivity (Wildman–Crippen MR) is 171 cm³/mol. The number of aromatic nitrogens is 3. The monoisotopic (exact) mass is 585 g/mol. The fraction of sp³-hybridized carbons (Fsp3) is 0.529. The van der Waals surface area contributed by atoms with E-state index in [9.17, 15) is 4.79 Å². The highest BCUT2D eigenvalue weighted by molar-refractivity contribution is 5.72. The number of piperazine rings is 1. The maximum absolute atomic E-state index is 12.2. The molecule has 2 fully saturated rings. The van der Waals surface area contributed by atoms with Crippen molar-refractivity contribution in [2.24, 2.45) is 17.6 Å². The molecule has 1 aliphatic heterocycles. The molecule has 5 rings (SSSR count). The molecule has 43 heavy (non-hydrogen) atoms. The van der Waals surface area contributed by atoms with Gasteiger partial charge in [0.1, 0.15) is 17.2 Å². The molecule has 1 unspecified atom stereocenters. The minimum Gasteiger partial charge on any atom is -0.459 e. The average molecular weight is 586 g/mol. The highest BCUT2D eigenvalue weighted by atomic mass is 16.6. The number of hydrogen-bond donors (Lipinski definition) is 2. The highest BCUT2D eigenvalue weighted by Crippen LogP contribution is 2.37. The summed E-state index contributed by atoms with van der Waals surface area (Å²) in [5.41, 5.74) is 9.66. The van der Waals surface area contributed by atoms with E-state index in [4.69, 9.17) is 20.4 Å². The maximum atomic E-state index is 12.2. The molecular formula is C34H47N7O2. The molecule has 1 aromatic carbocycles. The van der Waals surface area contributed by atoms with Gasteiger partial charge in [-0.2, -0.15) is 0 Å². The summed E-state index contributed by atoms with van der Waals surface area (Å²) < 4.78 is 5.48. The second kappa shape index (κ2) is 14.4. The number of anilines is 2. The van der Waals surface area contributed by atoms with Crippen LogP contribution in [0.25, 0.3) is 11.1 Å². The number of esters is 1. The molecule has 1 saturated carbocycles. The number of nitrogens with one attached hydrogen (secondary N) is 1. The number of carbonyl (C=O) groups is 1. The molecule has 230 valence electrons. The van der Waals surface area contributed by atoms with Crippen LogP contribution in [0, 0.1) is 11.8 Å². The Bertz CT molecular complexity index is 1330. The Kier molecular flexibility index (Phi) is 10.4. The van der Waals surface area contributed by atoms with Gasteiger partial charge >= 0.3 is 5.97 Å². The summed E-state index contributed by atoms with van der Waals surface area (Å²) >= 11 is 0. The number of pyridine rings is 1. The maximum Gasteiger partial charge on any atom is 0.320 e. The molecule has 1 aliphatic carbocycles. The van der Waals surface area contributed by atoms with Crippen molar-refractivity contribution in [3.05, 3.63) is 66.4 Å². The second-order valence-electron chi connectivity index (χ2n) is 13.1. The molecule has 1 saturated heterocycles.